The third-order valence-electron chi connectivity index (χ3n) is 2.86. The highest BCUT2D eigenvalue weighted by molar-refractivity contribution is 5.47. The summed E-state index contributed by atoms with van der Waals surface area (Å²) in [7, 11) is 0. The molecule has 2 rings (SSSR count). The predicted molar refractivity (Wildman–Crippen MR) is 63.8 cm³/mol. The molecule has 2 heteroatoms. The molecule has 0 aromatic heterocycles. The molecular weight excluding hydrogens is 184 g/mol. The molecule has 78 valence electrons. The highest BCUT2D eigenvalue weighted by atomic mass is 15.2. The lowest BCUT2D eigenvalue weighted by Gasteiger charge is -2.34. The van der Waals surface area contributed by atoms with E-state index in [-0.39, 0.29) is 0 Å². The summed E-state index contributed by atoms with van der Waals surface area (Å²) in [6.45, 7) is 6.08. The van der Waals surface area contributed by atoms with Crippen LogP contribution in [0.2, 0.25) is 0 Å². The smallest absolute Gasteiger partial charge is 0.0437 e. The summed E-state index contributed by atoms with van der Waals surface area (Å²) in [5, 5.41) is 0. The number of hydrogen-bond acceptors (Lipinski definition) is 2. The zero-order chi connectivity index (χ0) is 10.7. The number of terminal acetylenes is 1. The van der Waals surface area contributed by atoms with E-state index in [1.165, 1.54) is 11.3 Å². The van der Waals surface area contributed by atoms with Crippen molar-refractivity contribution in [2.45, 2.75) is 6.92 Å². The summed E-state index contributed by atoms with van der Waals surface area (Å²) in [5.74, 6) is 0. The van der Waals surface area contributed by atoms with E-state index in [4.69, 9.17) is 6.42 Å². The molecule has 0 atom stereocenters. The highest BCUT2D eigenvalue weighted by Crippen LogP contribution is 2.16. The van der Waals surface area contributed by atoms with E-state index in [1.54, 1.807) is 0 Å². The van der Waals surface area contributed by atoms with Gasteiger partial charge < -0.3 is 9.80 Å². The molecule has 2 nitrogen and oxygen atoms in total. The average molecular weight is 200 g/mol. The molecule has 1 saturated heterocycles. The van der Waals surface area contributed by atoms with Gasteiger partial charge in [-0.25, -0.2) is 0 Å². The van der Waals surface area contributed by atoms with Gasteiger partial charge in [0, 0.05) is 37.9 Å². The Morgan fingerprint density at radius 3 is 2.20 bits per heavy atom. The van der Waals surface area contributed by atoms with Gasteiger partial charge in [-0.05, 0) is 19.1 Å². The molecule has 1 heterocycles. The summed E-state index contributed by atoms with van der Waals surface area (Å²) in [6, 6.07) is 11.4. The lowest BCUT2D eigenvalue weighted by molar-refractivity contribution is 0.369. The number of anilines is 1. The van der Waals surface area contributed by atoms with Crippen molar-refractivity contribution in [3.05, 3.63) is 29.8 Å². The molecule has 1 aliphatic heterocycles. The number of nitrogens with zero attached hydrogens (tertiary/aromatic N) is 2. The summed E-state index contributed by atoms with van der Waals surface area (Å²) in [6.07, 6.45) is 5.36. The fourth-order valence-electron chi connectivity index (χ4n) is 1.85. The number of benzene rings is 1. The number of aryl methyl sites for hydroxylation is 1. The molecule has 0 spiro atoms. The molecule has 0 radical (unpaired) electrons. The van der Waals surface area contributed by atoms with Gasteiger partial charge in [0.25, 0.3) is 0 Å². The normalized spacial score (nSPS) is 16.3. The lowest BCUT2D eigenvalue weighted by Crippen LogP contribution is -2.44. The predicted octanol–water partition coefficient (Wildman–Crippen LogP) is 1.71. The molecule has 0 saturated carbocycles. The Balaban J connectivity index is 2.02. The minimum absolute atomic E-state index is 0.963. The van der Waals surface area contributed by atoms with Crippen LogP contribution < -0.4 is 4.90 Å². The second-order valence-corrected chi connectivity index (χ2v) is 3.94. The number of piperazine rings is 1. The Hall–Kier alpha value is -1.62. The third kappa shape index (κ3) is 2.24. The molecule has 0 aliphatic carbocycles. The Morgan fingerprint density at radius 2 is 1.67 bits per heavy atom. The van der Waals surface area contributed by atoms with Crippen LogP contribution in [0.25, 0.3) is 0 Å². The monoisotopic (exact) mass is 200 g/mol. The molecule has 1 aromatic rings. The summed E-state index contributed by atoms with van der Waals surface area (Å²) >= 11 is 0. The maximum atomic E-state index is 5.36. The first-order valence-corrected chi connectivity index (χ1v) is 5.32. The summed E-state index contributed by atoms with van der Waals surface area (Å²) < 4.78 is 0. The number of rotatable bonds is 1. The quantitative estimate of drug-likeness (QED) is 0.637. The van der Waals surface area contributed by atoms with E-state index < -0.39 is 0 Å². The van der Waals surface area contributed by atoms with E-state index in [9.17, 15) is 0 Å². The topological polar surface area (TPSA) is 6.48 Å². The lowest BCUT2D eigenvalue weighted by atomic mass is 10.2. The minimum Gasteiger partial charge on any atom is -0.368 e. The zero-order valence-corrected chi connectivity index (χ0v) is 9.11. The Kier molecular flexibility index (Phi) is 2.82. The van der Waals surface area contributed by atoms with Crippen LogP contribution in [0.3, 0.4) is 0 Å². The van der Waals surface area contributed by atoms with E-state index in [2.05, 4.69) is 42.1 Å². The molecular formula is C13H16N2. The van der Waals surface area contributed by atoms with Crippen LogP contribution in [0.4, 0.5) is 5.69 Å². The third-order valence-corrected chi connectivity index (χ3v) is 2.86. The van der Waals surface area contributed by atoms with Gasteiger partial charge in [0.1, 0.15) is 0 Å². The SMILES string of the molecule is C#CN1CCN(c2ccc(C)cc2)CC1. The van der Waals surface area contributed by atoms with E-state index in [0.717, 1.165) is 26.2 Å². The van der Waals surface area contributed by atoms with Gasteiger partial charge in [0.2, 0.25) is 0 Å². The molecule has 15 heavy (non-hydrogen) atoms. The minimum atomic E-state index is 0.963. The number of hydrogen-bond donors (Lipinski definition) is 0. The standard InChI is InChI=1S/C13H16N2/c1-3-14-8-10-15(11-9-14)13-6-4-12(2)5-7-13/h1,4-7H,8-11H2,2H3. The van der Waals surface area contributed by atoms with Crippen molar-refractivity contribution in [3.8, 4) is 12.5 Å². The molecule has 1 aromatic carbocycles. The second-order valence-electron chi connectivity index (χ2n) is 3.94. The van der Waals surface area contributed by atoms with Crippen LogP contribution in [-0.4, -0.2) is 31.1 Å². The Bertz CT molecular complexity index is 353. The van der Waals surface area contributed by atoms with Crippen molar-refractivity contribution in [2.24, 2.45) is 0 Å². The average Bonchev–Trinajstić information content (AvgIpc) is 2.30. The molecule has 0 bridgehead atoms. The molecule has 1 fully saturated rings. The van der Waals surface area contributed by atoms with E-state index in [1.807, 2.05) is 4.90 Å². The summed E-state index contributed by atoms with van der Waals surface area (Å²) in [4.78, 5) is 4.41. The van der Waals surface area contributed by atoms with Gasteiger partial charge >= 0.3 is 0 Å². The van der Waals surface area contributed by atoms with Crippen LogP contribution in [0.15, 0.2) is 24.3 Å². The van der Waals surface area contributed by atoms with Gasteiger partial charge in [0.05, 0.1) is 0 Å². The van der Waals surface area contributed by atoms with Crippen molar-refractivity contribution in [1.29, 1.82) is 0 Å². The fourth-order valence-corrected chi connectivity index (χ4v) is 1.85. The molecule has 1 aliphatic rings. The van der Waals surface area contributed by atoms with Gasteiger partial charge in [-0.2, -0.15) is 0 Å². The van der Waals surface area contributed by atoms with Crippen LogP contribution >= 0.6 is 0 Å². The zero-order valence-electron chi connectivity index (χ0n) is 9.11. The van der Waals surface area contributed by atoms with Crippen molar-refractivity contribution < 1.29 is 0 Å². The largest absolute Gasteiger partial charge is 0.368 e. The van der Waals surface area contributed by atoms with Gasteiger partial charge in [0.15, 0.2) is 0 Å². The first-order valence-electron chi connectivity index (χ1n) is 5.32. The first-order chi connectivity index (χ1) is 7.29. The molecule has 0 amide bonds. The molecule has 0 unspecified atom stereocenters. The maximum Gasteiger partial charge on any atom is 0.0437 e. The van der Waals surface area contributed by atoms with Crippen molar-refractivity contribution >= 4 is 5.69 Å². The summed E-state index contributed by atoms with van der Waals surface area (Å²) in [5.41, 5.74) is 2.61. The van der Waals surface area contributed by atoms with Gasteiger partial charge in [-0.15, -0.1) is 0 Å². The Labute approximate surface area is 91.5 Å². The van der Waals surface area contributed by atoms with Crippen LogP contribution in [-0.2, 0) is 0 Å². The second kappa shape index (κ2) is 4.27. The van der Waals surface area contributed by atoms with Gasteiger partial charge in [-0.1, -0.05) is 24.1 Å². The van der Waals surface area contributed by atoms with E-state index >= 15 is 0 Å². The first kappa shape index (κ1) is 9.92. The Morgan fingerprint density at radius 1 is 1.07 bits per heavy atom. The van der Waals surface area contributed by atoms with Crippen LogP contribution in [0.1, 0.15) is 5.56 Å². The van der Waals surface area contributed by atoms with E-state index in [0.29, 0.717) is 0 Å². The molecule has 0 N–H and O–H groups in total. The van der Waals surface area contributed by atoms with Crippen LogP contribution in [0, 0.1) is 19.4 Å². The fraction of sp³-hybridized carbons (Fsp3) is 0.385. The highest BCUT2D eigenvalue weighted by Gasteiger charge is 2.14. The van der Waals surface area contributed by atoms with Gasteiger partial charge in [-0.3, -0.25) is 0 Å². The maximum absolute atomic E-state index is 5.36. The van der Waals surface area contributed by atoms with Crippen molar-refractivity contribution in [2.75, 3.05) is 31.1 Å². The van der Waals surface area contributed by atoms with Crippen molar-refractivity contribution in [1.82, 2.24) is 4.90 Å². The van der Waals surface area contributed by atoms with Crippen LogP contribution in [0.5, 0.6) is 0 Å². The van der Waals surface area contributed by atoms with Crippen molar-refractivity contribution in [3.63, 3.8) is 0 Å².